The Hall–Kier alpha value is -2.25. The number of nitrogens with two attached hydrogens (primary N) is 1. The topological polar surface area (TPSA) is 89.7 Å². The lowest BCUT2D eigenvalue weighted by Gasteiger charge is -2.34. The molecule has 2 aromatic rings. The Morgan fingerprint density at radius 2 is 1.96 bits per heavy atom. The number of nitrogens with zero attached hydrogens (tertiary/aromatic N) is 1. The molecular weight excluding hydrogens is 340 g/mol. The third-order valence-electron chi connectivity index (χ3n) is 3.44. The van der Waals surface area contributed by atoms with Gasteiger partial charge in [0, 0.05) is 5.02 Å². The van der Waals surface area contributed by atoms with Gasteiger partial charge in [0.2, 0.25) is 0 Å². The van der Waals surface area contributed by atoms with E-state index in [0.717, 1.165) is 4.31 Å². The van der Waals surface area contributed by atoms with E-state index >= 15 is 0 Å². The fourth-order valence-electron chi connectivity index (χ4n) is 2.33. The van der Waals surface area contributed by atoms with Gasteiger partial charge in [-0.2, -0.15) is 0 Å². The van der Waals surface area contributed by atoms with Crippen molar-refractivity contribution in [3.63, 3.8) is 0 Å². The molecule has 8 heteroatoms. The molecule has 0 radical (unpaired) electrons. The van der Waals surface area contributed by atoms with Crippen LogP contribution in [-0.2, 0) is 14.8 Å². The Morgan fingerprint density at radius 3 is 2.65 bits per heavy atom. The highest BCUT2D eigenvalue weighted by atomic mass is 35.5. The van der Waals surface area contributed by atoms with Crippen LogP contribution in [0, 0.1) is 0 Å². The van der Waals surface area contributed by atoms with Crippen molar-refractivity contribution in [2.75, 3.05) is 10.8 Å². The van der Waals surface area contributed by atoms with Gasteiger partial charge < -0.3 is 10.5 Å². The maximum absolute atomic E-state index is 12.9. The molecule has 0 aromatic heterocycles. The number of para-hydroxylation sites is 2. The second-order valence-electron chi connectivity index (χ2n) is 4.97. The maximum Gasteiger partial charge on any atom is 0.264 e. The quantitative estimate of drug-likeness (QED) is 0.911. The van der Waals surface area contributed by atoms with Crippen LogP contribution in [0.3, 0.4) is 0 Å². The standard InChI is InChI=1S/C15H13ClN2O4S/c16-10-4-3-5-11(8-10)23(20,21)18-9-14(15(17)19)22-13-7-2-1-6-12(13)18/h1-8,14H,9H2,(H2,17,19). The molecule has 6 nitrogen and oxygen atoms in total. The summed E-state index contributed by atoms with van der Waals surface area (Å²) < 4.78 is 32.4. The van der Waals surface area contributed by atoms with Crippen molar-refractivity contribution in [1.82, 2.24) is 0 Å². The van der Waals surface area contributed by atoms with Crippen LogP contribution in [0.25, 0.3) is 0 Å². The number of hydrogen-bond acceptors (Lipinski definition) is 4. The highest BCUT2D eigenvalue weighted by Crippen LogP contribution is 2.36. The lowest BCUT2D eigenvalue weighted by molar-refractivity contribution is -0.124. The number of primary amides is 1. The van der Waals surface area contributed by atoms with Crippen molar-refractivity contribution in [2.24, 2.45) is 5.73 Å². The Labute approximate surface area is 138 Å². The fourth-order valence-corrected chi connectivity index (χ4v) is 4.11. The molecule has 1 aliphatic heterocycles. The average molecular weight is 353 g/mol. The Bertz CT molecular complexity index is 869. The average Bonchev–Trinajstić information content (AvgIpc) is 2.53. The summed E-state index contributed by atoms with van der Waals surface area (Å²) >= 11 is 5.89. The number of hydrogen-bond donors (Lipinski definition) is 1. The van der Waals surface area contributed by atoms with Crippen LogP contribution < -0.4 is 14.8 Å². The summed E-state index contributed by atoms with van der Waals surface area (Å²) in [6.07, 6.45) is -1.06. The van der Waals surface area contributed by atoms with Crippen LogP contribution in [0.15, 0.2) is 53.4 Å². The zero-order chi connectivity index (χ0) is 16.6. The second kappa shape index (κ2) is 5.75. The molecule has 1 amide bonds. The Kier molecular flexibility index (Phi) is 3.91. The first-order valence-electron chi connectivity index (χ1n) is 6.73. The minimum atomic E-state index is -3.90. The number of carbonyl (C=O) groups is 1. The van der Waals surface area contributed by atoms with Crippen molar-refractivity contribution >= 4 is 33.2 Å². The molecular formula is C15H13ClN2O4S. The molecule has 2 aromatic carbocycles. The molecule has 0 fully saturated rings. The predicted molar refractivity (Wildman–Crippen MR) is 86.0 cm³/mol. The maximum atomic E-state index is 12.9. The molecule has 23 heavy (non-hydrogen) atoms. The van der Waals surface area contributed by atoms with Crippen molar-refractivity contribution < 1.29 is 17.9 Å². The number of sulfonamides is 1. The van der Waals surface area contributed by atoms with E-state index in [2.05, 4.69) is 0 Å². The van der Waals surface area contributed by atoms with E-state index < -0.39 is 22.0 Å². The molecule has 0 saturated carbocycles. The van der Waals surface area contributed by atoms with Gasteiger partial charge in [-0.3, -0.25) is 9.10 Å². The van der Waals surface area contributed by atoms with Gasteiger partial charge in [0.05, 0.1) is 17.1 Å². The SMILES string of the molecule is NC(=O)C1CN(S(=O)(=O)c2cccc(Cl)c2)c2ccccc2O1. The normalized spacial score (nSPS) is 17.3. The first-order valence-corrected chi connectivity index (χ1v) is 8.55. The van der Waals surface area contributed by atoms with Crippen LogP contribution in [0.1, 0.15) is 0 Å². The number of anilines is 1. The number of rotatable bonds is 3. The monoisotopic (exact) mass is 352 g/mol. The van der Waals surface area contributed by atoms with E-state index in [-0.39, 0.29) is 17.2 Å². The molecule has 2 N–H and O–H groups in total. The van der Waals surface area contributed by atoms with E-state index in [1.54, 1.807) is 36.4 Å². The number of fused-ring (bicyclic) bond motifs is 1. The minimum Gasteiger partial charge on any atom is -0.476 e. The summed E-state index contributed by atoms with van der Waals surface area (Å²) in [5.74, 6) is -0.445. The number of benzene rings is 2. The predicted octanol–water partition coefficient (Wildman–Crippen LogP) is 1.78. The number of ether oxygens (including phenoxy) is 1. The lowest BCUT2D eigenvalue weighted by Crippen LogP contribution is -2.49. The fraction of sp³-hybridized carbons (Fsp3) is 0.133. The summed E-state index contributed by atoms with van der Waals surface area (Å²) in [5, 5.41) is 0.305. The largest absolute Gasteiger partial charge is 0.476 e. The van der Waals surface area contributed by atoms with Crippen LogP contribution in [0.5, 0.6) is 5.75 Å². The summed E-state index contributed by atoms with van der Waals surface area (Å²) in [7, 11) is -3.90. The molecule has 0 saturated heterocycles. The van der Waals surface area contributed by atoms with E-state index in [4.69, 9.17) is 22.1 Å². The zero-order valence-corrected chi connectivity index (χ0v) is 13.4. The van der Waals surface area contributed by atoms with Crippen molar-refractivity contribution in [3.05, 3.63) is 53.6 Å². The van der Waals surface area contributed by atoms with Crippen molar-refractivity contribution in [2.45, 2.75) is 11.0 Å². The van der Waals surface area contributed by atoms with E-state index in [0.29, 0.717) is 10.7 Å². The van der Waals surface area contributed by atoms with Crippen LogP contribution in [0.2, 0.25) is 5.02 Å². The first kappa shape index (κ1) is 15.6. The first-order chi connectivity index (χ1) is 10.9. The third-order valence-corrected chi connectivity index (χ3v) is 5.45. The van der Waals surface area contributed by atoms with E-state index in [9.17, 15) is 13.2 Å². The second-order valence-corrected chi connectivity index (χ2v) is 7.27. The molecule has 1 unspecified atom stereocenters. The third kappa shape index (κ3) is 2.85. The van der Waals surface area contributed by atoms with Gasteiger partial charge in [0.1, 0.15) is 5.75 Å². The number of amides is 1. The molecule has 0 bridgehead atoms. The van der Waals surface area contributed by atoms with Gasteiger partial charge in [-0.05, 0) is 30.3 Å². The summed E-state index contributed by atoms with van der Waals surface area (Å²) in [4.78, 5) is 11.5. The van der Waals surface area contributed by atoms with Gasteiger partial charge in [-0.25, -0.2) is 8.42 Å². The smallest absolute Gasteiger partial charge is 0.264 e. The minimum absolute atomic E-state index is 0.0323. The lowest BCUT2D eigenvalue weighted by atomic mass is 10.2. The van der Waals surface area contributed by atoms with Crippen LogP contribution in [0.4, 0.5) is 5.69 Å². The Morgan fingerprint density at radius 1 is 1.22 bits per heavy atom. The molecule has 0 spiro atoms. The summed E-state index contributed by atoms with van der Waals surface area (Å²) in [6.45, 7) is -0.193. The molecule has 1 aliphatic rings. The molecule has 3 rings (SSSR count). The van der Waals surface area contributed by atoms with Crippen LogP contribution >= 0.6 is 11.6 Å². The highest BCUT2D eigenvalue weighted by Gasteiger charge is 2.36. The van der Waals surface area contributed by atoms with Gasteiger partial charge in [0.15, 0.2) is 6.10 Å². The Balaban J connectivity index is 2.12. The van der Waals surface area contributed by atoms with Gasteiger partial charge in [0.25, 0.3) is 15.9 Å². The van der Waals surface area contributed by atoms with Gasteiger partial charge in [-0.15, -0.1) is 0 Å². The molecule has 1 atom stereocenters. The summed E-state index contributed by atoms with van der Waals surface area (Å²) in [5.41, 5.74) is 5.64. The van der Waals surface area contributed by atoms with Gasteiger partial charge in [-0.1, -0.05) is 29.8 Å². The summed E-state index contributed by atoms with van der Waals surface area (Å²) in [6, 6.07) is 12.5. The van der Waals surface area contributed by atoms with Gasteiger partial charge >= 0.3 is 0 Å². The van der Waals surface area contributed by atoms with Crippen LogP contribution in [-0.4, -0.2) is 27.0 Å². The van der Waals surface area contributed by atoms with E-state index in [1.807, 2.05) is 0 Å². The van der Waals surface area contributed by atoms with E-state index in [1.165, 1.54) is 12.1 Å². The molecule has 1 heterocycles. The molecule has 0 aliphatic carbocycles. The highest BCUT2D eigenvalue weighted by molar-refractivity contribution is 7.92. The number of halogens is 1. The van der Waals surface area contributed by atoms with Crippen molar-refractivity contribution in [1.29, 1.82) is 0 Å². The molecule has 120 valence electrons. The van der Waals surface area contributed by atoms with Crippen molar-refractivity contribution in [3.8, 4) is 5.75 Å². The number of carbonyl (C=O) groups excluding carboxylic acids is 1. The zero-order valence-electron chi connectivity index (χ0n) is 11.8.